The van der Waals surface area contributed by atoms with Crippen LogP contribution in [0.4, 0.5) is 31.1 Å². The largest absolute Gasteiger partial charge is 0.573 e. The number of carbonyl (C=O) groups is 2. The van der Waals surface area contributed by atoms with Crippen LogP contribution in [0.5, 0.6) is 5.75 Å². The van der Waals surface area contributed by atoms with Crippen molar-refractivity contribution in [2.75, 3.05) is 0 Å². The van der Waals surface area contributed by atoms with Gasteiger partial charge in [-0.3, -0.25) is 14.5 Å². The third-order valence-electron chi connectivity index (χ3n) is 3.91. The molecule has 0 aliphatic carbocycles. The zero-order valence-electron chi connectivity index (χ0n) is 14.8. The zero-order chi connectivity index (χ0) is 22.1. The number of carbonyl (C=O) groups excluding carboxylic acids is 2. The van der Waals surface area contributed by atoms with Crippen LogP contribution in [0.2, 0.25) is 0 Å². The summed E-state index contributed by atoms with van der Waals surface area (Å²) in [7, 11) is 0. The van der Waals surface area contributed by atoms with Crippen LogP contribution in [0.25, 0.3) is 6.08 Å². The topological polar surface area (TPSA) is 46.6 Å². The van der Waals surface area contributed by atoms with E-state index >= 15 is 0 Å². The van der Waals surface area contributed by atoms with Crippen molar-refractivity contribution in [3.63, 3.8) is 0 Å². The fraction of sp³-hybridized carbons (Fsp3) is 0.158. The summed E-state index contributed by atoms with van der Waals surface area (Å²) >= 11 is 0.620. The van der Waals surface area contributed by atoms with E-state index in [0.29, 0.717) is 22.9 Å². The third kappa shape index (κ3) is 5.35. The Hall–Kier alpha value is -2.95. The van der Waals surface area contributed by atoms with Gasteiger partial charge < -0.3 is 4.74 Å². The van der Waals surface area contributed by atoms with Crippen LogP contribution in [0.15, 0.2) is 53.4 Å². The molecule has 1 saturated heterocycles. The number of benzene rings is 2. The summed E-state index contributed by atoms with van der Waals surface area (Å²) in [4.78, 5) is 25.5. The van der Waals surface area contributed by atoms with E-state index < -0.39 is 35.0 Å². The van der Waals surface area contributed by atoms with Crippen molar-refractivity contribution < 1.29 is 40.7 Å². The van der Waals surface area contributed by atoms with Crippen LogP contribution in [-0.4, -0.2) is 22.4 Å². The molecule has 0 unspecified atom stereocenters. The minimum Gasteiger partial charge on any atom is -0.406 e. The molecule has 1 aliphatic rings. The molecule has 158 valence electrons. The fourth-order valence-corrected chi connectivity index (χ4v) is 3.37. The van der Waals surface area contributed by atoms with Gasteiger partial charge in [-0.25, -0.2) is 0 Å². The number of ether oxygens (including phenoxy) is 1. The highest BCUT2D eigenvalue weighted by Crippen LogP contribution is 2.34. The molecule has 11 heteroatoms. The smallest absolute Gasteiger partial charge is 0.406 e. The van der Waals surface area contributed by atoms with Crippen LogP contribution in [0.1, 0.15) is 16.7 Å². The number of imide groups is 1. The van der Waals surface area contributed by atoms with Gasteiger partial charge in [0, 0.05) is 0 Å². The summed E-state index contributed by atoms with van der Waals surface area (Å²) in [5.41, 5.74) is -0.143. The van der Waals surface area contributed by atoms with E-state index in [1.54, 1.807) is 0 Å². The number of amides is 2. The molecule has 1 aliphatic heterocycles. The van der Waals surface area contributed by atoms with Crippen LogP contribution in [0, 0.1) is 0 Å². The summed E-state index contributed by atoms with van der Waals surface area (Å²) in [6.45, 7) is -0.179. The van der Waals surface area contributed by atoms with Gasteiger partial charge in [-0.2, -0.15) is 13.2 Å². The minimum absolute atomic E-state index is 0.0248. The Morgan fingerprint density at radius 1 is 0.900 bits per heavy atom. The molecule has 3 rings (SSSR count). The van der Waals surface area contributed by atoms with Crippen LogP contribution in [-0.2, 0) is 17.5 Å². The average molecular weight is 447 g/mol. The first-order valence-corrected chi connectivity index (χ1v) is 9.01. The molecule has 0 spiro atoms. The molecule has 2 amide bonds. The maximum Gasteiger partial charge on any atom is 0.573 e. The normalized spacial score (nSPS) is 16.5. The van der Waals surface area contributed by atoms with Gasteiger partial charge in [0.1, 0.15) is 5.75 Å². The van der Waals surface area contributed by atoms with Crippen LogP contribution >= 0.6 is 11.8 Å². The molecule has 1 fully saturated rings. The summed E-state index contributed by atoms with van der Waals surface area (Å²) in [6.07, 6.45) is -8.03. The summed E-state index contributed by atoms with van der Waals surface area (Å²) in [5.74, 6) is -1.09. The first kappa shape index (κ1) is 21.8. The first-order chi connectivity index (χ1) is 13.9. The average Bonchev–Trinajstić information content (AvgIpc) is 2.89. The highest BCUT2D eigenvalue weighted by molar-refractivity contribution is 8.18. The van der Waals surface area contributed by atoms with E-state index in [1.165, 1.54) is 30.3 Å². The first-order valence-electron chi connectivity index (χ1n) is 8.20. The van der Waals surface area contributed by atoms with Crippen molar-refractivity contribution >= 4 is 29.0 Å². The molecule has 0 bridgehead atoms. The Labute approximate surface area is 170 Å². The molecular weight excluding hydrogens is 436 g/mol. The van der Waals surface area contributed by atoms with E-state index in [9.17, 15) is 35.9 Å². The zero-order valence-corrected chi connectivity index (χ0v) is 15.6. The van der Waals surface area contributed by atoms with E-state index in [2.05, 4.69) is 4.74 Å². The number of hydrogen-bond donors (Lipinski definition) is 0. The van der Waals surface area contributed by atoms with E-state index in [-0.39, 0.29) is 11.4 Å². The Morgan fingerprint density at radius 3 is 2.03 bits per heavy atom. The summed E-state index contributed by atoms with van der Waals surface area (Å²) < 4.78 is 78.2. The van der Waals surface area contributed by atoms with Gasteiger partial charge in [0.2, 0.25) is 0 Å². The number of thioether (sulfide) groups is 1. The number of hydrogen-bond acceptors (Lipinski definition) is 4. The van der Waals surface area contributed by atoms with Crippen LogP contribution < -0.4 is 4.74 Å². The molecule has 0 saturated carbocycles. The molecular formula is C19H11F6NO3S. The van der Waals surface area contributed by atoms with Crippen molar-refractivity contribution in [1.82, 2.24) is 4.90 Å². The Kier molecular flexibility index (Phi) is 5.84. The monoisotopic (exact) mass is 447 g/mol. The molecule has 0 aromatic heterocycles. The van der Waals surface area contributed by atoms with Crippen molar-refractivity contribution in [2.24, 2.45) is 0 Å². The predicted octanol–water partition coefficient (Wildman–Crippen LogP) is 5.84. The Balaban J connectivity index is 1.71. The fourth-order valence-electron chi connectivity index (χ4n) is 2.54. The van der Waals surface area contributed by atoms with Crippen molar-refractivity contribution in [1.29, 1.82) is 0 Å². The Morgan fingerprint density at radius 2 is 1.50 bits per heavy atom. The lowest BCUT2D eigenvalue weighted by Gasteiger charge is -2.13. The van der Waals surface area contributed by atoms with Gasteiger partial charge in [0.15, 0.2) is 0 Å². The maximum atomic E-state index is 12.6. The second-order valence-electron chi connectivity index (χ2n) is 6.08. The van der Waals surface area contributed by atoms with Gasteiger partial charge in [0.05, 0.1) is 17.0 Å². The quantitative estimate of drug-likeness (QED) is 0.437. The Bertz CT molecular complexity index is 981. The number of nitrogens with zero attached hydrogens (tertiary/aromatic N) is 1. The summed E-state index contributed by atoms with van der Waals surface area (Å²) in [5, 5.41) is -0.603. The molecule has 0 atom stereocenters. The van der Waals surface area contributed by atoms with Gasteiger partial charge in [0.25, 0.3) is 11.1 Å². The predicted molar refractivity (Wildman–Crippen MR) is 96.1 cm³/mol. The second kappa shape index (κ2) is 8.05. The highest BCUT2D eigenvalue weighted by Gasteiger charge is 2.35. The highest BCUT2D eigenvalue weighted by atomic mass is 32.2. The molecule has 4 nitrogen and oxygen atoms in total. The molecule has 0 radical (unpaired) electrons. The van der Waals surface area contributed by atoms with Crippen LogP contribution in [0.3, 0.4) is 0 Å². The molecule has 30 heavy (non-hydrogen) atoms. The summed E-state index contributed by atoms with van der Waals surface area (Å²) in [6, 6.07) is 8.75. The van der Waals surface area contributed by atoms with E-state index in [4.69, 9.17) is 0 Å². The van der Waals surface area contributed by atoms with Gasteiger partial charge in [-0.15, -0.1) is 13.2 Å². The van der Waals surface area contributed by atoms with Crippen molar-refractivity contribution in [3.8, 4) is 5.75 Å². The lowest BCUT2D eigenvalue weighted by atomic mass is 10.1. The molecule has 1 heterocycles. The third-order valence-corrected chi connectivity index (χ3v) is 4.81. The minimum atomic E-state index is -4.84. The molecule has 0 N–H and O–H groups in total. The molecule has 2 aromatic carbocycles. The lowest BCUT2D eigenvalue weighted by Crippen LogP contribution is -2.27. The SMILES string of the molecule is O=C1SC(=Cc2ccc(C(F)(F)F)cc2)C(=O)N1Cc1ccc(OC(F)(F)F)cc1. The van der Waals surface area contributed by atoms with E-state index in [0.717, 1.165) is 29.2 Å². The van der Waals surface area contributed by atoms with Crippen molar-refractivity contribution in [3.05, 3.63) is 70.1 Å². The molecule has 2 aromatic rings. The number of rotatable bonds is 4. The number of halogens is 6. The second-order valence-corrected chi connectivity index (χ2v) is 7.07. The number of alkyl halides is 6. The lowest BCUT2D eigenvalue weighted by molar-refractivity contribution is -0.274. The van der Waals surface area contributed by atoms with Gasteiger partial charge in [-0.05, 0) is 53.2 Å². The maximum absolute atomic E-state index is 12.6. The van der Waals surface area contributed by atoms with Gasteiger partial charge >= 0.3 is 12.5 Å². The van der Waals surface area contributed by atoms with E-state index in [1.807, 2.05) is 0 Å². The standard InChI is InChI=1S/C19H11F6NO3S/c20-18(21,22)13-5-1-11(2-6-13)9-15-16(27)26(17(28)30-15)10-12-3-7-14(8-4-12)29-19(23,24)25/h1-9H,10H2. The van der Waals surface area contributed by atoms with Crippen molar-refractivity contribution in [2.45, 2.75) is 19.1 Å². The van der Waals surface area contributed by atoms with Gasteiger partial charge in [-0.1, -0.05) is 24.3 Å².